The van der Waals surface area contributed by atoms with Crippen molar-refractivity contribution in [2.45, 2.75) is 32.8 Å². The van der Waals surface area contributed by atoms with Crippen LogP contribution in [0.3, 0.4) is 0 Å². The quantitative estimate of drug-likeness (QED) is 0.943. The Hall–Kier alpha value is -2.21. The van der Waals surface area contributed by atoms with Crippen LogP contribution in [-0.4, -0.2) is 34.9 Å². The van der Waals surface area contributed by atoms with Crippen LogP contribution < -0.4 is 5.32 Å². The van der Waals surface area contributed by atoms with E-state index in [4.69, 9.17) is 4.74 Å². The number of benzene rings is 1. The minimum atomic E-state index is -0.301. The van der Waals surface area contributed by atoms with Gasteiger partial charge in [0.1, 0.15) is 5.82 Å². The monoisotopic (exact) mass is 317 g/mol. The summed E-state index contributed by atoms with van der Waals surface area (Å²) >= 11 is 0. The van der Waals surface area contributed by atoms with E-state index in [1.54, 1.807) is 23.7 Å². The van der Waals surface area contributed by atoms with Crippen LogP contribution in [0.5, 0.6) is 0 Å². The second-order valence-electron chi connectivity index (χ2n) is 5.78. The van der Waals surface area contributed by atoms with E-state index in [-0.39, 0.29) is 17.8 Å². The molecule has 1 aromatic heterocycles. The van der Waals surface area contributed by atoms with Crippen molar-refractivity contribution in [2.75, 3.05) is 13.2 Å². The van der Waals surface area contributed by atoms with Gasteiger partial charge < -0.3 is 10.1 Å². The highest BCUT2D eigenvalue weighted by atomic mass is 19.1. The van der Waals surface area contributed by atoms with Crippen LogP contribution >= 0.6 is 0 Å². The fourth-order valence-corrected chi connectivity index (χ4v) is 2.91. The maximum atomic E-state index is 13.1. The first kappa shape index (κ1) is 15.7. The van der Waals surface area contributed by atoms with Crippen molar-refractivity contribution >= 4 is 5.91 Å². The van der Waals surface area contributed by atoms with Crippen molar-refractivity contribution in [3.05, 3.63) is 47.0 Å². The fraction of sp³-hybridized carbons (Fsp3) is 0.412. The van der Waals surface area contributed by atoms with E-state index < -0.39 is 0 Å². The van der Waals surface area contributed by atoms with Gasteiger partial charge in [-0.1, -0.05) is 0 Å². The van der Waals surface area contributed by atoms with Gasteiger partial charge >= 0.3 is 0 Å². The van der Waals surface area contributed by atoms with Crippen molar-refractivity contribution in [2.24, 2.45) is 0 Å². The summed E-state index contributed by atoms with van der Waals surface area (Å²) in [7, 11) is 0. The second kappa shape index (κ2) is 6.50. The molecule has 6 heteroatoms. The van der Waals surface area contributed by atoms with E-state index in [9.17, 15) is 9.18 Å². The number of rotatable bonds is 4. The summed E-state index contributed by atoms with van der Waals surface area (Å²) in [6.45, 7) is 4.92. The molecule has 5 nitrogen and oxygen atoms in total. The molecule has 23 heavy (non-hydrogen) atoms. The lowest BCUT2D eigenvalue weighted by Crippen LogP contribution is -2.32. The Bertz CT molecular complexity index is 703. The number of aryl methyl sites for hydroxylation is 1. The molecule has 1 aliphatic heterocycles. The Kier molecular flexibility index (Phi) is 4.43. The van der Waals surface area contributed by atoms with E-state index >= 15 is 0 Å². The van der Waals surface area contributed by atoms with Crippen LogP contribution in [0.25, 0.3) is 5.69 Å². The van der Waals surface area contributed by atoms with Crippen molar-refractivity contribution in [1.29, 1.82) is 0 Å². The van der Waals surface area contributed by atoms with E-state index in [0.717, 1.165) is 30.8 Å². The number of carbonyl (C=O) groups is 1. The number of amides is 1. The standard InChI is InChI=1S/C17H20FN3O2/c1-11-16(17(22)19-10-15-4-3-9-23-15)12(2)21(20-11)14-7-5-13(18)6-8-14/h5-8,15H,3-4,9-10H2,1-2H3,(H,19,22)/t15-/m1/s1. The fourth-order valence-electron chi connectivity index (χ4n) is 2.91. The highest BCUT2D eigenvalue weighted by Gasteiger charge is 2.21. The Labute approximate surface area is 134 Å². The zero-order chi connectivity index (χ0) is 16.4. The predicted molar refractivity (Wildman–Crippen MR) is 84.3 cm³/mol. The van der Waals surface area contributed by atoms with Gasteiger partial charge in [-0.25, -0.2) is 9.07 Å². The molecule has 0 radical (unpaired) electrons. The SMILES string of the molecule is Cc1nn(-c2ccc(F)cc2)c(C)c1C(=O)NC[C@H]1CCCO1. The summed E-state index contributed by atoms with van der Waals surface area (Å²) in [5.74, 6) is -0.450. The van der Waals surface area contributed by atoms with Crippen LogP contribution in [0.1, 0.15) is 34.6 Å². The molecule has 1 saturated heterocycles. The second-order valence-corrected chi connectivity index (χ2v) is 5.78. The Morgan fingerprint density at radius 3 is 2.78 bits per heavy atom. The van der Waals surface area contributed by atoms with Crippen LogP contribution in [0.4, 0.5) is 4.39 Å². The molecule has 0 bridgehead atoms. The summed E-state index contributed by atoms with van der Waals surface area (Å²) in [5, 5.41) is 7.33. The van der Waals surface area contributed by atoms with Gasteiger partial charge in [0.25, 0.3) is 5.91 Å². The zero-order valence-electron chi connectivity index (χ0n) is 13.3. The number of hydrogen-bond acceptors (Lipinski definition) is 3. The van der Waals surface area contributed by atoms with Gasteiger partial charge in [0, 0.05) is 13.2 Å². The molecule has 122 valence electrons. The number of nitrogens with zero attached hydrogens (tertiary/aromatic N) is 2. The van der Waals surface area contributed by atoms with Crippen LogP contribution in [0.2, 0.25) is 0 Å². The number of carbonyl (C=O) groups excluding carboxylic acids is 1. The van der Waals surface area contributed by atoms with Crippen molar-refractivity contribution in [3.8, 4) is 5.69 Å². The Morgan fingerprint density at radius 1 is 1.39 bits per heavy atom. The summed E-state index contributed by atoms with van der Waals surface area (Å²) in [6, 6.07) is 6.04. The summed E-state index contributed by atoms with van der Waals surface area (Å²) in [4.78, 5) is 12.5. The minimum absolute atomic E-state index is 0.103. The average molecular weight is 317 g/mol. The minimum Gasteiger partial charge on any atom is -0.376 e. The topological polar surface area (TPSA) is 56.2 Å². The summed E-state index contributed by atoms with van der Waals surface area (Å²) < 4.78 is 20.2. The predicted octanol–water partition coefficient (Wildman–Crippen LogP) is 2.54. The lowest BCUT2D eigenvalue weighted by Gasteiger charge is -2.11. The number of hydrogen-bond donors (Lipinski definition) is 1. The van der Waals surface area contributed by atoms with Gasteiger partial charge in [0.2, 0.25) is 0 Å². The molecule has 0 unspecified atom stereocenters. The van der Waals surface area contributed by atoms with Crippen molar-refractivity contribution in [1.82, 2.24) is 15.1 Å². The first-order valence-electron chi connectivity index (χ1n) is 7.78. The molecule has 0 aliphatic carbocycles. The third kappa shape index (κ3) is 3.27. The highest BCUT2D eigenvalue weighted by Crippen LogP contribution is 2.18. The van der Waals surface area contributed by atoms with Gasteiger partial charge in [-0.3, -0.25) is 4.79 Å². The molecule has 0 spiro atoms. The smallest absolute Gasteiger partial charge is 0.255 e. The van der Waals surface area contributed by atoms with Gasteiger partial charge in [0.15, 0.2) is 0 Å². The van der Waals surface area contributed by atoms with E-state index in [2.05, 4.69) is 10.4 Å². The van der Waals surface area contributed by atoms with Crippen molar-refractivity contribution in [3.63, 3.8) is 0 Å². The molecule has 1 N–H and O–H groups in total. The van der Waals surface area contributed by atoms with Gasteiger partial charge in [0.05, 0.1) is 28.7 Å². The summed E-state index contributed by atoms with van der Waals surface area (Å²) in [5.41, 5.74) is 2.67. The Balaban J connectivity index is 1.79. The van der Waals surface area contributed by atoms with Crippen LogP contribution in [-0.2, 0) is 4.74 Å². The number of nitrogens with one attached hydrogen (secondary N) is 1. The van der Waals surface area contributed by atoms with E-state index in [1.165, 1.54) is 12.1 Å². The largest absolute Gasteiger partial charge is 0.376 e. The molecular formula is C17H20FN3O2. The van der Waals surface area contributed by atoms with E-state index in [0.29, 0.717) is 17.8 Å². The molecule has 1 fully saturated rings. The van der Waals surface area contributed by atoms with Gasteiger partial charge in [-0.15, -0.1) is 0 Å². The number of ether oxygens (including phenoxy) is 1. The zero-order valence-corrected chi connectivity index (χ0v) is 13.3. The summed E-state index contributed by atoms with van der Waals surface area (Å²) in [6.07, 6.45) is 2.13. The van der Waals surface area contributed by atoms with Crippen molar-refractivity contribution < 1.29 is 13.9 Å². The van der Waals surface area contributed by atoms with Crippen LogP contribution in [0.15, 0.2) is 24.3 Å². The first-order chi connectivity index (χ1) is 11.1. The number of halogens is 1. The van der Waals surface area contributed by atoms with Gasteiger partial charge in [-0.2, -0.15) is 5.10 Å². The molecule has 1 aromatic carbocycles. The molecule has 1 aliphatic rings. The molecule has 1 atom stereocenters. The third-order valence-electron chi connectivity index (χ3n) is 4.10. The van der Waals surface area contributed by atoms with Gasteiger partial charge in [-0.05, 0) is 51.0 Å². The molecule has 2 heterocycles. The Morgan fingerprint density at radius 2 is 2.13 bits per heavy atom. The first-order valence-corrected chi connectivity index (χ1v) is 7.78. The lowest BCUT2D eigenvalue weighted by atomic mass is 10.1. The maximum Gasteiger partial charge on any atom is 0.255 e. The third-order valence-corrected chi connectivity index (χ3v) is 4.10. The van der Waals surface area contributed by atoms with Crippen LogP contribution in [0, 0.1) is 19.7 Å². The number of aromatic nitrogens is 2. The van der Waals surface area contributed by atoms with E-state index in [1.807, 2.05) is 6.92 Å². The molecular weight excluding hydrogens is 297 g/mol. The average Bonchev–Trinajstić information content (AvgIpc) is 3.14. The molecule has 1 amide bonds. The molecule has 3 rings (SSSR count). The normalized spacial score (nSPS) is 17.4. The highest BCUT2D eigenvalue weighted by molar-refractivity contribution is 5.96. The molecule has 2 aromatic rings. The maximum absolute atomic E-state index is 13.1. The lowest BCUT2D eigenvalue weighted by molar-refractivity contribution is 0.0856. The molecule has 0 saturated carbocycles.